The molecule has 0 heterocycles. The average Bonchev–Trinajstić information content (AvgIpc) is 3.10. The first-order valence-corrected chi connectivity index (χ1v) is 15.4. The first-order valence-electron chi connectivity index (χ1n) is 15.4. The van der Waals surface area contributed by atoms with Crippen molar-refractivity contribution in [3.05, 3.63) is 158 Å². The Morgan fingerprint density at radius 1 is 0.227 bits per heavy atom. The lowest BCUT2D eigenvalue weighted by Crippen LogP contribution is -1.93. The second-order valence-corrected chi connectivity index (χ2v) is 12.0. The molecule has 0 unspecified atom stereocenters. The molecule has 0 fully saturated rings. The van der Waals surface area contributed by atoms with E-state index in [1.54, 1.807) is 0 Å². The predicted molar refractivity (Wildman–Crippen MR) is 190 cm³/mol. The quantitative estimate of drug-likeness (QED) is 0.191. The van der Waals surface area contributed by atoms with Crippen LogP contribution in [0.4, 0.5) is 0 Å². The van der Waals surface area contributed by atoms with Crippen molar-refractivity contribution in [2.75, 3.05) is 0 Å². The Balaban J connectivity index is 1.40. The van der Waals surface area contributed by atoms with Gasteiger partial charge in [0.05, 0.1) is 0 Å². The van der Waals surface area contributed by atoms with E-state index in [4.69, 9.17) is 0 Å². The zero-order valence-electron chi connectivity index (χ0n) is 24.0. The minimum Gasteiger partial charge on any atom is -0.0622 e. The van der Waals surface area contributed by atoms with Crippen molar-refractivity contribution in [2.24, 2.45) is 0 Å². The summed E-state index contributed by atoms with van der Waals surface area (Å²) in [6, 6.07) is 58.6. The lowest BCUT2D eigenvalue weighted by molar-refractivity contribution is 1.66. The van der Waals surface area contributed by atoms with E-state index in [1.165, 1.54) is 98.0 Å². The van der Waals surface area contributed by atoms with Crippen LogP contribution in [-0.4, -0.2) is 0 Å². The van der Waals surface area contributed by atoms with E-state index >= 15 is 0 Å². The molecule has 0 aliphatic rings. The summed E-state index contributed by atoms with van der Waals surface area (Å²) < 4.78 is 0. The highest BCUT2D eigenvalue weighted by Gasteiger charge is 2.20. The largest absolute Gasteiger partial charge is 0.0622 e. The molecule has 10 rings (SSSR count). The Morgan fingerprint density at radius 3 is 1.48 bits per heavy atom. The molecule has 0 saturated carbocycles. The summed E-state index contributed by atoms with van der Waals surface area (Å²) in [5, 5.41) is 15.8. The van der Waals surface area contributed by atoms with Crippen LogP contribution in [0.5, 0.6) is 0 Å². The first-order chi connectivity index (χ1) is 21.8. The van der Waals surface area contributed by atoms with Crippen LogP contribution >= 0.6 is 0 Å². The molecule has 0 heteroatoms. The summed E-state index contributed by atoms with van der Waals surface area (Å²) in [6.45, 7) is 0. The topological polar surface area (TPSA) is 0 Å². The number of hydrogen-bond donors (Lipinski definition) is 0. The van der Waals surface area contributed by atoms with Crippen LogP contribution in [0.2, 0.25) is 0 Å². The summed E-state index contributed by atoms with van der Waals surface area (Å²) in [5.74, 6) is 0. The molecule has 0 radical (unpaired) electrons. The summed E-state index contributed by atoms with van der Waals surface area (Å²) >= 11 is 0. The van der Waals surface area contributed by atoms with Crippen molar-refractivity contribution in [1.82, 2.24) is 0 Å². The fraction of sp³-hybridized carbons (Fsp3) is 0. The summed E-state index contributed by atoms with van der Waals surface area (Å²) in [7, 11) is 0. The third-order valence-electron chi connectivity index (χ3n) is 9.75. The van der Waals surface area contributed by atoms with Crippen LogP contribution in [0.1, 0.15) is 0 Å². The highest BCUT2D eigenvalue weighted by molar-refractivity contribution is 6.32. The SMILES string of the molecule is c1ccc(-c2ccc3ccc4cccc5c(-c6cc7cccc8ccc9c(-c%10ccccc%10)ccc6c9c87)cc2c3c45)cc1. The molecule has 0 aliphatic carbocycles. The van der Waals surface area contributed by atoms with Crippen molar-refractivity contribution < 1.29 is 0 Å². The minimum atomic E-state index is 1.25. The Hall–Kier alpha value is -5.72. The molecule has 0 N–H and O–H groups in total. The van der Waals surface area contributed by atoms with Crippen LogP contribution in [0.3, 0.4) is 0 Å². The Kier molecular flexibility index (Phi) is 4.81. The van der Waals surface area contributed by atoms with Gasteiger partial charge in [0.2, 0.25) is 0 Å². The fourth-order valence-corrected chi connectivity index (χ4v) is 7.83. The molecule has 0 atom stereocenters. The standard InChI is InChI=1S/C44H26/c1-3-9-27(10-4-1)33-23-24-37-38(25-32-15-7-13-29-20-22-36(33)44(37)41(29)32)39-26-40-34(28-11-5-2-6-12-28)21-19-31-18-17-30-14-8-16-35(39)42(30)43(31)40/h1-26H. The van der Waals surface area contributed by atoms with E-state index in [2.05, 4.69) is 158 Å². The van der Waals surface area contributed by atoms with Crippen LogP contribution in [0.15, 0.2) is 158 Å². The molecule has 10 aromatic rings. The molecule has 0 aliphatic heterocycles. The van der Waals surface area contributed by atoms with Crippen LogP contribution in [0, 0.1) is 0 Å². The molecule has 44 heavy (non-hydrogen) atoms. The zero-order valence-corrected chi connectivity index (χ0v) is 24.0. The van der Waals surface area contributed by atoms with E-state index in [0.29, 0.717) is 0 Å². The molecule has 0 bridgehead atoms. The van der Waals surface area contributed by atoms with Gasteiger partial charge in [-0.15, -0.1) is 0 Å². The number of benzene rings is 10. The van der Waals surface area contributed by atoms with Gasteiger partial charge < -0.3 is 0 Å². The summed E-state index contributed by atoms with van der Waals surface area (Å²) in [5.41, 5.74) is 7.64. The Bertz CT molecular complexity index is 2680. The maximum Gasteiger partial charge on any atom is -0.00143 e. The van der Waals surface area contributed by atoms with Gasteiger partial charge in [0.1, 0.15) is 0 Å². The lowest BCUT2D eigenvalue weighted by atomic mass is 9.82. The normalized spacial score (nSPS) is 12.1. The van der Waals surface area contributed by atoms with E-state index in [1.807, 2.05) is 0 Å². The maximum absolute atomic E-state index is 2.48. The number of hydrogen-bond acceptors (Lipinski definition) is 0. The van der Waals surface area contributed by atoms with E-state index in [-0.39, 0.29) is 0 Å². The second kappa shape index (κ2) is 8.89. The first kappa shape index (κ1) is 23.8. The van der Waals surface area contributed by atoms with Gasteiger partial charge in [-0.25, -0.2) is 0 Å². The van der Waals surface area contributed by atoms with Crippen molar-refractivity contribution in [3.63, 3.8) is 0 Å². The van der Waals surface area contributed by atoms with Crippen molar-refractivity contribution in [2.45, 2.75) is 0 Å². The molecule has 0 amide bonds. The van der Waals surface area contributed by atoms with Crippen molar-refractivity contribution in [3.8, 4) is 33.4 Å². The van der Waals surface area contributed by atoms with Gasteiger partial charge >= 0.3 is 0 Å². The monoisotopic (exact) mass is 554 g/mol. The van der Waals surface area contributed by atoms with Crippen LogP contribution < -0.4 is 0 Å². The van der Waals surface area contributed by atoms with Crippen LogP contribution in [0.25, 0.3) is 98.0 Å². The van der Waals surface area contributed by atoms with Crippen molar-refractivity contribution in [1.29, 1.82) is 0 Å². The van der Waals surface area contributed by atoms with Gasteiger partial charge in [-0.2, -0.15) is 0 Å². The van der Waals surface area contributed by atoms with E-state index < -0.39 is 0 Å². The molecular formula is C44H26. The second-order valence-electron chi connectivity index (χ2n) is 12.0. The molecule has 10 aromatic carbocycles. The summed E-state index contributed by atoms with van der Waals surface area (Å²) in [6.07, 6.45) is 0. The highest BCUT2D eigenvalue weighted by Crippen LogP contribution is 2.48. The molecule has 0 spiro atoms. The maximum atomic E-state index is 2.48. The molecule has 0 saturated heterocycles. The minimum absolute atomic E-state index is 1.25. The van der Waals surface area contributed by atoms with Gasteiger partial charge in [0.25, 0.3) is 0 Å². The van der Waals surface area contributed by atoms with Gasteiger partial charge in [0, 0.05) is 0 Å². The van der Waals surface area contributed by atoms with Gasteiger partial charge in [0.15, 0.2) is 0 Å². The third kappa shape index (κ3) is 3.23. The van der Waals surface area contributed by atoms with Gasteiger partial charge in [-0.1, -0.05) is 146 Å². The van der Waals surface area contributed by atoms with E-state index in [0.717, 1.165) is 0 Å². The molecule has 0 aromatic heterocycles. The third-order valence-corrected chi connectivity index (χ3v) is 9.75. The zero-order chi connectivity index (χ0) is 28.8. The molecular weight excluding hydrogens is 528 g/mol. The highest BCUT2D eigenvalue weighted by atomic mass is 14.2. The Morgan fingerprint density at radius 2 is 0.705 bits per heavy atom. The smallest absolute Gasteiger partial charge is 0.00143 e. The van der Waals surface area contributed by atoms with Gasteiger partial charge in [-0.3, -0.25) is 0 Å². The van der Waals surface area contributed by atoms with Crippen molar-refractivity contribution >= 4 is 64.6 Å². The average molecular weight is 555 g/mol. The molecule has 202 valence electrons. The lowest BCUT2D eigenvalue weighted by Gasteiger charge is -2.21. The van der Waals surface area contributed by atoms with E-state index in [9.17, 15) is 0 Å². The number of rotatable bonds is 3. The predicted octanol–water partition coefficient (Wildman–Crippen LogP) is 12.5. The Labute approximate surface area is 255 Å². The molecule has 0 nitrogen and oxygen atoms in total. The van der Waals surface area contributed by atoms with Gasteiger partial charge in [-0.05, 0) is 110 Å². The van der Waals surface area contributed by atoms with Crippen LogP contribution in [-0.2, 0) is 0 Å². The fourth-order valence-electron chi connectivity index (χ4n) is 7.83. The summed E-state index contributed by atoms with van der Waals surface area (Å²) in [4.78, 5) is 0.